The Bertz CT molecular complexity index is 1040. The van der Waals surface area contributed by atoms with Gasteiger partial charge in [0, 0.05) is 18.0 Å². The molecule has 7 nitrogen and oxygen atoms in total. The summed E-state index contributed by atoms with van der Waals surface area (Å²) < 4.78 is 5.62. The van der Waals surface area contributed by atoms with Gasteiger partial charge in [-0.2, -0.15) is 0 Å². The van der Waals surface area contributed by atoms with Crippen LogP contribution < -0.4 is 5.32 Å². The predicted molar refractivity (Wildman–Crippen MR) is 135 cm³/mol. The Morgan fingerprint density at radius 3 is 2.17 bits per heavy atom. The van der Waals surface area contributed by atoms with Gasteiger partial charge in [0.15, 0.2) is 0 Å². The van der Waals surface area contributed by atoms with Gasteiger partial charge in [-0.3, -0.25) is 9.59 Å². The molecule has 1 atom stereocenters. The second-order valence-electron chi connectivity index (χ2n) is 9.69. The molecule has 1 aliphatic rings. The summed E-state index contributed by atoms with van der Waals surface area (Å²) in [5.41, 5.74) is 3.87. The molecule has 0 saturated carbocycles. The number of nitrogens with zero attached hydrogens (tertiary/aromatic N) is 1. The largest absolute Gasteiger partial charge is 0.481 e. The molecule has 2 N–H and O–H groups in total. The normalized spacial score (nSPS) is 13.3. The van der Waals surface area contributed by atoms with Crippen LogP contribution in [-0.4, -0.2) is 52.7 Å². The van der Waals surface area contributed by atoms with Crippen molar-refractivity contribution >= 4 is 18.0 Å². The number of carbonyl (C=O) groups excluding carboxylic acids is 2. The maximum Gasteiger partial charge on any atom is 0.407 e. The quantitative estimate of drug-likeness (QED) is 0.471. The fraction of sp³-hybridized carbons (Fsp3) is 0.393. The zero-order valence-electron chi connectivity index (χ0n) is 20.6. The van der Waals surface area contributed by atoms with E-state index in [2.05, 4.69) is 24.0 Å². The molecule has 7 heteroatoms. The minimum atomic E-state index is -0.987. The molecule has 0 radical (unpaired) electrons. The van der Waals surface area contributed by atoms with Crippen molar-refractivity contribution in [2.45, 2.75) is 57.5 Å². The molecule has 3 rings (SSSR count). The van der Waals surface area contributed by atoms with E-state index in [9.17, 15) is 14.4 Å². The summed E-state index contributed by atoms with van der Waals surface area (Å²) in [7, 11) is 0. The van der Waals surface area contributed by atoms with Gasteiger partial charge in [-0.15, -0.1) is 6.58 Å². The number of hydrogen-bond donors (Lipinski definition) is 2. The minimum absolute atomic E-state index is 0.0502. The molecule has 1 aliphatic carbocycles. The Hall–Kier alpha value is -3.61. The molecule has 0 heterocycles. The number of amides is 2. The van der Waals surface area contributed by atoms with Gasteiger partial charge in [-0.1, -0.05) is 54.6 Å². The van der Waals surface area contributed by atoms with Gasteiger partial charge in [0.05, 0.1) is 6.42 Å². The van der Waals surface area contributed by atoms with Crippen molar-refractivity contribution in [3.63, 3.8) is 0 Å². The number of carbonyl (C=O) groups is 3. The van der Waals surface area contributed by atoms with E-state index >= 15 is 0 Å². The summed E-state index contributed by atoms with van der Waals surface area (Å²) >= 11 is 0. The Kier molecular flexibility index (Phi) is 8.33. The Labute approximate surface area is 206 Å². The standard InChI is InChI=1S/C28H34N2O5/c1-5-6-15-24(26(33)30(28(2,3)4)17-16-25(31)32)29-27(34)35-18-23-21-13-9-7-11-19(21)20-12-8-10-14-22(20)23/h5,7-14,23-24H,1,6,15-18H2,2-4H3,(H,29,34)(H,31,32). The van der Waals surface area contributed by atoms with E-state index in [4.69, 9.17) is 9.84 Å². The number of carboxylic acid groups (broad SMARTS) is 1. The highest BCUT2D eigenvalue weighted by Gasteiger charge is 2.34. The average Bonchev–Trinajstić information content (AvgIpc) is 3.13. The van der Waals surface area contributed by atoms with E-state index in [1.54, 1.807) is 6.08 Å². The van der Waals surface area contributed by atoms with Crippen LogP contribution in [0.3, 0.4) is 0 Å². The number of hydrogen-bond acceptors (Lipinski definition) is 4. The lowest BCUT2D eigenvalue weighted by molar-refractivity contribution is -0.141. The first-order chi connectivity index (χ1) is 16.6. The van der Waals surface area contributed by atoms with Crippen molar-refractivity contribution < 1.29 is 24.2 Å². The Balaban J connectivity index is 1.71. The average molecular weight is 479 g/mol. The van der Waals surface area contributed by atoms with Gasteiger partial charge in [0.2, 0.25) is 5.91 Å². The topological polar surface area (TPSA) is 95.9 Å². The highest BCUT2D eigenvalue weighted by atomic mass is 16.5. The lowest BCUT2D eigenvalue weighted by Crippen LogP contribution is -2.55. The molecule has 0 aliphatic heterocycles. The van der Waals surface area contributed by atoms with E-state index in [0.29, 0.717) is 12.8 Å². The molecule has 2 aromatic rings. The van der Waals surface area contributed by atoms with Gasteiger partial charge in [0.25, 0.3) is 0 Å². The number of alkyl carbamates (subject to hydrolysis) is 1. The third-order valence-electron chi connectivity index (χ3n) is 6.22. The summed E-state index contributed by atoms with van der Waals surface area (Å²) in [6.45, 7) is 9.42. The maximum atomic E-state index is 13.4. The number of aliphatic carboxylic acids is 1. The number of ether oxygens (including phenoxy) is 1. The van der Waals surface area contributed by atoms with Gasteiger partial charge in [0.1, 0.15) is 12.6 Å². The third kappa shape index (κ3) is 6.29. The highest BCUT2D eigenvalue weighted by Crippen LogP contribution is 2.44. The number of fused-ring (bicyclic) bond motifs is 3. The summed E-state index contributed by atoms with van der Waals surface area (Å²) in [6, 6.07) is 15.3. The first-order valence-corrected chi connectivity index (χ1v) is 11.9. The Morgan fingerprint density at radius 1 is 1.09 bits per heavy atom. The number of nitrogens with one attached hydrogen (secondary N) is 1. The predicted octanol–water partition coefficient (Wildman–Crippen LogP) is 4.96. The first kappa shape index (κ1) is 26.0. The molecular formula is C28H34N2O5. The van der Waals surface area contributed by atoms with E-state index in [-0.39, 0.29) is 31.4 Å². The molecule has 0 bridgehead atoms. The summed E-state index contributed by atoms with van der Waals surface area (Å²) in [6.07, 6.45) is 1.67. The highest BCUT2D eigenvalue weighted by molar-refractivity contribution is 5.86. The van der Waals surface area contributed by atoms with Crippen LogP contribution in [0.1, 0.15) is 57.1 Å². The van der Waals surface area contributed by atoms with Crippen LogP contribution in [0, 0.1) is 0 Å². The van der Waals surface area contributed by atoms with Crippen molar-refractivity contribution in [1.82, 2.24) is 10.2 Å². The molecule has 0 aromatic heterocycles. The number of carboxylic acids is 1. The third-order valence-corrected chi connectivity index (χ3v) is 6.22. The van der Waals surface area contributed by atoms with Crippen LogP contribution in [0.2, 0.25) is 0 Å². The van der Waals surface area contributed by atoms with E-state index in [0.717, 1.165) is 22.3 Å². The smallest absolute Gasteiger partial charge is 0.407 e. The van der Waals surface area contributed by atoms with Crippen LogP contribution in [-0.2, 0) is 14.3 Å². The maximum absolute atomic E-state index is 13.4. The summed E-state index contributed by atoms with van der Waals surface area (Å²) in [5, 5.41) is 11.8. The zero-order valence-corrected chi connectivity index (χ0v) is 20.6. The van der Waals surface area contributed by atoms with Crippen molar-refractivity contribution in [3.8, 4) is 11.1 Å². The van der Waals surface area contributed by atoms with Gasteiger partial charge in [-0.05, 0) is 55.9 Å². The van der Waals surface area contributed by atoms with Crippen molar-refractivity contribution in [1.29, 1.82) is 0 Å². The fourth-order valence-electron chi connectivity index (χ4n) is 4.50. The molecule has 0 spiro atoms. The van der Waals surface area contributed by atoms with Gasteiger partial charge >= 0.3 is 12.1 Å². The molecule has 2 aromatic carbocycles. The van der Waals surface area contributed by atoms with Crippen LogP contribution in [0.25, 0.3) is 11.1 Å². The lowest BCUT2D eigenvalue weighted by Gasteiger charge is -2.38. The van der Waals surface area contributed by atoms with Crippen LogP contribution in [0.4, 0.5) is 4.79 Å². The number of benzene rings is 2. The van der Waals surface area contributed by atoms with E-state index in [1.807, 2.05) is 57.2 Å². The Morgan fingerprint density at radius 2 is 1.66 bits per heavy atom. The minimum Gasteiger partial charge on any atom is -0.481 e. The van der Waals surface area contributed by atoms with Crippen molar-refractivity contribution in [2.75, 3.05) is 13.2 Å². The molecule has 0 saturated heterocycles. The van der Waals surface area contributed by atoms with Gasteiger partial charge in [-0.25, -0.2) is 4.79 Å². The van der Waals surface area contributed by atoms with Crippen LogP contribution in [0.15, 0.2) is 61.2 Å². The van der Waals surface area contributed by atoms with Gasteiger partial charge < -0.3 is 20.1 Å². The molecule has 35 heavy (non-hydrogen) atoms. The molecular weight excluding hydrogens is 444 g/mol. The van der Waals surface area contributed by atoms with Crippen molar-refractivity contribution in [3.05, 3.63) is 72.3 Å². The SMILES string of the molecule is C=CCCC(NC(=O)OCC1c2ccccc2-c2ccccc21)C(=O)N(CCC(=O)O)C(C)(C)C. The second kappa shape index (κ2) is 11.2. The van der Waals surface area contributed by atoms with Crippen LogP contribution >= 0.6 is 0 Å². The molecule has 1 unspecified atom stereocenters. The van der Waals surface area contributed by atoms with E-state index < -0.39 is 23.6 Å². The lowest BCUT2D eigenvalue weighted by atomic mass is 9.98. The fourth-order valence-corrected chi connectivity index (χ4v) is 4.50. The monoisotopic (exact) mass is 478 g/mol. The summed E-state index contributed by atoms with van der Waals surface area (Å²) in [4.78, 5) is 38.8. The first-order valence-electron chi connectivity index (χ1n) is 11.9. The number of rotatable bonds is 10. The molecule has 186 valence electrons. The molecule has 2 amide bonds. The second-order valence-corrected chi connectivity index (χ2v) is 9.69. The number of allylic oxidation sites excluding steroid dienone is 1. The summed E-state index contributed by atoms with van der Waals surface area (Å²) in [5.74, 6) is -1.41. The molecule has 0 fully saturated rings. The van der Waals surface area contributed by atoms with Crippen molar-refractivity contribution in [2.24, 2.45) is 0 Å². The van der Waals surface area contributed by atoms with E-state index in [1.165, 1.54) is 4.90 Å². The zero-order chi connectivity index (χ0) is 25.6. The van der Waals surface area contributed by atoms with Crippen LogP contribution in [0.5, 0.6) is 0 Å².